The zero-order valence-corrected chi connectivity index (χ0v) is 25.0. The molecular weight excluding hydrogens is 562 g/mol. The Hall–Kier alpha value is -2.84. The van der Waals surface area contributed by atoms with Crippen molar-refractivity contribution in [3.05, 3.63) is 10.6 Å². The van der Waals surface area contributed by atoms with Gasteiger partial charge in [-0.25, -0.2) is 4.79 Å². The van der Waals surface area contributed by atoms with E-state index in [1.807, 2.05) is 6.92 Å². The number of carboxylic acid groups (broad SMARTS) is 1. The van der Waals surface area contributed by atoms with Gasteiger partial charge in [0.25, 0.3) is 0 Å². The van der Waals surface area contributed by atoms with Crippen LogP contribution in [0.25, 0.3) is 0 Å². The van der Waals surface area contributed by atoms with Crippen LogP contribution in [0, 0.1) is 23.7 Å². The first kappa shape index (κ1) is 30.6. The van der Waals surface area contributed by atoms with Crippen LogP contribution in [0.15, 0.2) is 15.6 Å². The van der Waals surface area contributed by atoms with Gasteiger partial charge in [0.15, 0.2) is 5.96 Å². The molecule has 5 rings (SSSR count). The van der Waals surface area contributed by atoms with Gasteiger partial charge in [-0.15, -0.1) is 11.8 Å². The zero-order valence-electron chi connectivity index (χ0n) is 24.2. The van der Waals surface area contributed by atoms with Crippen molar-refractivity contribution in [2.75, 3.05) is 26.2 Å². The number of nitrogens with one attached hydrogen (secondary N) is 2. The van der Waals surface area contributed by atoms with Gasteiger partial charge in [-0.05, 0) is 51.4 Å². The van der Waals surface area contributed by atoms with Gasteiger partial charge in [0.05, 0.1) is 24.1 Å². The summed E-state index contributed by atoms with van der Waals surface area (Å²) in [5, 5.41) is 26.4. The quantitative estimate of drug-likeness (QED) is 0.112. The monoisotopic (exact) mass is 605 g/mol. The maximum atomic E-state index is 13.3. The molecule has 0 aromatic rings. The lowest BCUT2D eigenvalue weighted by Gasteiger charge is -2.46. The minimum atomic E-state index is -1.15. The fourth-order valence-corrected chi connectivity index (χ4v) is 8.78. The fourth-order valence-electron chi connectivity index (χ4n) is 7.30. The highest BCUT2D eigenvalue weighted by molar-refractivity contribution is 8.03. The summed E-state index contributed by atoms with van der Waals surface area (Å²) in [5.74, 6) is -1.78. The third-order valence-corrected chi connectivity index (χ3v) is 11.1. The summed E-state index contributed by atoms with van der Waals surface area (Å²) in [4.78, 5) is 58.9. The maximum Gasteiger partial charge on any atom is 0.353 e. The Kier molecular flexibility index (Phi) is 9.05. The van der Waals surface area contributed by atoms with Crippen molar-refractivity contribution in [1.29, 1.82) is 0 Å². The lowest BCUT2D eigenvalue weighted by molar-refractivity contribution is -0.163. The van der Waals surface area contributed by atoms with Gasteiger partial charge in [0.2, 0.25) is 17.7 Å². The Morgan fingerprint density at radius 2 is 1.90 bits per heavy atom. The second-order valence-electron chi connectivity index (χ2n) is 12.5. The molecule has 4 fully saturated rings. The highest BCUT2D eigenvalue weighted by Gasteiger charge is 2.60. The first-order chi connectivity index (χ1) is 20.0. The van der Waals surface area contributed by atoms with E-state index in [-0.39, 0.29) is 64.6 Å². The Labute approximate surface area is 249 Å². The number of hydrogen-bond donors (Lipinski definition) is 6. The molecule has 0 aromatic carbocycles. The number of fused-ring (bicyclic) bond motifs is 1. The van der Waals surface area contributed by atoms with Gasteiger partial charge < -0.3 is 42.1 Å². The van der Waals surface area contributed by atoms with Crippen molar-refractivity contribution in [2.45, 2.75) is 81.9 Å². The van der Waals surface area contributed by atoms with Crippen LogP contribution in [0.4, 0.5) is 0 Å². The van der Waals surface area contributed by atoms with Crippen molar-refractivity contribution in [2.24, 2.45) is 40.1 Å². The molecule has 0 unspecified atom stereocenters. The number of amides is 3. The van der Waals surface area contributed by atoms with E-state index in [1.165, 1.54) is 16.7 Å². The molecule has 0 bridgehead atoms. The standard InChI is InChI=1S/C28H43N7O6S/c1-13-21-20(14(2)36)26(39)35(21)22(27(40)41)23(13)42-18-9-19(31-11-18)25(38)34-8-7-17(12-34)33-24(37)16-5-3-15(4-6-16)10-32-28(29)30/h13-21,31,36H,3-12H2,1-2H3,(H,33,37)(H,40,41)(H4,29,30,32)/t13-,14-,15?,16?,17+,18+,19+,20-,21-/m1/s1. The van der Waals surface area contributed by atoms with Crippen LogP contribution < -0.4 is 22.1 Å². The van der Waals surface area contributed by atoms with Crippen molar-refractivity contribution in [3.63, 3.8) is 0 Å². The lowest BCUT2D eigenvalue weighted by atomic mass is 9.79. The number of carboxylic acids is 1. The lowest BCUT2D eigenvalue weighted by Crippen LogP contribution is -2.63. The second-order valence-corrected chi connectivity index (χ2v) is 13.8. The van der Waals surface area contributed by atoms with Crippen LogP contribution in [0.1, 0.15) is 52.4 Å². The topological polar surface area (TPSA) is 204 Å². The van der Waals surface area contributed by atoms with Gasteiger partial charge in [-0.3, -0.25) is 19.4 Å². The Morgan fingerprint density at radius 1 is 1.19 bits per heavy atom. The van der Waals surface area contributed by atoms with Crippen LogP contribution in [0.3, 0.4) is 0 Å². The highest BCUT2D eigenvalue weighted by Crippen LogP contribution is 2.51. The Morgan fingerprint density at radius 3 is 2.55 bits per heavy atom. The minimum Gasteiger partial charge on any atom is -0.477 e. The molecular formula is C28H43N7O6S. The number of likely N-dealkylation sites (tertiary alicyclic amines) is 1. The smallest absolute Gasteiger partial charge is 0.353 e. The molecule has 14 heteroatoms. The predicted molar refractivity (Wildman–Crippen MR) is 157 cm³/mol. The molecule has 8 N–H and O–H groups in total. The number of carbonyl (C=O) groups is 4. The maximum absolute atomic E-state index is 13.3. The van der Waals surface area contributed by atoms with Crippen molar-refractivity contribution >= 4 is 41.4 Å². The number of hydrogen-bond acceptors (Lipinski definition) is 8. The molecule has 1 saturated carbocycles. The summed E-state index contributed by atoms with van der Waals surface area (Å²) >= 11 is 1.43. The van der Waals surface area contributed by atoms with Crippen LogP contribution in [0.2, 0.25) is 0 Å². The molecule has 3 saturated heterocycles. The normalized spacial score (nSPS) is 35.1. The van der Waals surface area contributed by atoms with Gasteiger partial charge >= 0.3 is 5.97 Å². The number of guanidine groups is 1. The average molecular weight is 606 g/mol. The number of nitrogens with zero attached hydrogens (tertiary/aromatic N) is 3. The van der Waals surface area contributed by atoms with Crippen LogP contribution >= 0.6 is 11.8 Å². The summed E-state index contributed by atoms with van der Waals surface area (Å²) in [5.41, 5.74) is 10.9. The van der Waals surface area contributed by atoms with Crippen molar-refractivity contribution < 1.29 is 29.4 Å². The van der Waals surface area contributed by atoms with Gasteiger partial charge in [-0.1, -0.05) is 6.92 Å². The number of thioether (sulfide) groups is 1. The Balaban J connectivity index is 1.10. The number of carbonyl (C=O) groups excluding carboxylic acids is 3. The summed E-state index contributed by atoms with van der Waals surface area (Å²) in [6.07, 6.45) is 3.85. The van der Waals surface area contributed by atoms with E-state index in [0.29, 0.717) is 49.8 Å². The molecule has 0 radical (unpaired) electrons. The largest absolute Gasteiger partial charge is 0.477 e. The molecule has 3 amide bonds. The number of aliphatic carboxylic acids is 1. The molecule has 0 aromatic heterocycles. The molecule has 5 aliphatic rings. The number of rotatable bonds is 9. The highest BCUT2D eigenvalue weighted by atomic mass is 32.2. The first-order valence-corrected chi connectivity index (χ1v) is 15.9. The predicted octanol–water partition coefficient (Wildman–Crippen LogP) is -0.599. The fraction of sp³-hybridized carbons (Fsp3) is 0.750. The number of aliphatic imine (C=N–C) groups is 1. The molecule has 42 heavy (non-hydrogen) atoms. The summed E-state index contributed by atoms with van der Waals surface area (Å²) in [7, 11) is 0. The third-order valence-electron chi connectivity index (χ3n) is 9.59. The van der Waals surface area contributed by atoms with Crippen molar-refractivity contribution in [3.8, 4) is 0 Å². The van der Waals surface area contributed by atoms with Crippen LogP contribution in [-0.4, -0.2) is 105 Å². The Bertz CT molecular complexity index is 1170. The van der Waals surface area contributed by atoms with Gasteiger partial charge in [-0.2, -0.15) is 0 Å². The SMILES string of the molecule is C[C@@H](O)[C@H]1C(=O)N2C(C(=O)O)=C(S[C@@H]3CN[C@H](C(=O)N4CC[C@H](NC(=O)C5CCC(CN=C(N)N)CC5)C4)C3)[C@H](C)[C@H]12. The molecule has 1 aliphatic carbocycles. The van der Waals surface area contributed by atoms with Crippen LogP contribution in [0.5, 0.6) is 0 Å². The van der Waals surface area contributed by atoms with Gasteiger partial charge in [0, 0.05) is 54.2 Å². The van der Waals surface area contributed by atoms with E-state index < -0.39 is 18.0 Å². The number of aliphatic hydroxyl groups is 1. The number of β-lactam (4-membered cyclic amide) rings is 1. The summed E-state index contributed by atoms with van der Waals surface area (Å²) in [6, 6.07) is -0.805. The molecule has 4 aliphatic heterocycles. The van der Waals surface area contributed by atoms with E-state index in [0.717, 1.165) is 25.7 Å². The number of nitrogens with two attached hydrogens (primary N) is 2. The zero-order chi connectivity index (χ0) is 30.3. The molecule has 4 heterocycles. The molecule has 0 spiro atoms. The molecule has 232 valence electrons. The van der Waals surface area contributed by atoms with E-state index in [4.69, 9.17) is 11.5 Å². The summed E-state index contributed by atoms with van der Waals surface area (Å²) < 4.78 is 0. The van der Waals surface area contributed by atoms with Crippen molar-refractivity contribution in [1.82, 2.24) is 20.4 Å². The third kappa shape index (κ3) is 5.98. The van der Waals surface area contributed by atoms with E-state index in [9.17, 15) is 29.4 Å². The van der Waals surface area contributed by atoms with E-state index in [2.05, 4.69) is 15.6 Å². The minimum absolute atomic E-state index is 0.00448. The molecule has 13 nitrogen and oxygen atoms in total. The average Bonchev–Trinajstić information content (AvgIpc) is 3.66. The van der Waals surface area contributed by atoms with Gasteiger partial charge in [0.1, 0.15) is 5.70 Å². The second kappa shape index (κ2) is 12.4. The molecule has 7 atom stereocenters. The first-order valence-electron chi connectivity index (χ1n) is 15.0. The van der Waals surface area contributed by atoms with E-state index in [1.54, 1.807) is 11.8 Å². The number of aliphatic hydroxyl groups excluding tert-OH is 1. The van der Waals surface area contributed by atoms with E-state index >= 15 is 0 Å². The summed E-state index contributed by atoms with van der Waals surface area (Å²) in [6.45, 7) is 5.67. The van der Waals surface area contributed by atoms with Crippen LogP contribution in [-0.2, 0) is 19.2 Å².